The van der Waals surface area contributed by atoms with E-state index >= 15 is 0 Å². The molecule has 10 nitrogen and oxygen atoms in total. The molecular weight excluding hydrogens is 484 g/mol. The van der Waals surface area contributed by atoms with E-state index < -0.39 is 0 Å². The van der Waals surface area contributed by atoms with E-state index in [1.807, 2.05) is 0 Å². The first-order valence-corrected chi connectivity index (χ1v) is 11.6. The largest absolute Gasteiger partial charge is 0.457 e. The second-order valence-corrected chi connectivity index (χ2v) is 8.11. The van der Waals surface area contributed by atoms with Crippen LogP contribution in [0.5, 0.6) is 11.5 Å². The molecule has 0 fully saturated rings. The minimum absolute atomic E-state index is 0.238. The molecule has 2 aromatic carbocycles. The number of pyridine rings is 2. The zero-order valence-electron chi connectivity index (χ0n) is 20.3. The Bertz CT molecular complexity index is 1740. The molecule has 5 rings (SSSR count). The minimum atomic E-state index is -0.347. The predicted molar refractivity (Wildman–Crippen MR) is 143 cm³/mol. The quantitative estimate of drug-likeness (QED) is 0.324. The van der Waals surface area contributed by atoms with Crippen molar-refractivity contribution in [2.75, 3.05) is 12.4 Å². The average Bonchev–Trinajstić information content (AvgIpc) is 3.24. The molecule has 38 heavy (non-hydrogen) atoms. The van der Waals surface area contributed by atoms with Gasteiger partial charge < -0.3 is 15.4 Å². The van der Waals surface area contributed by atoms with Gasteiger partial charge in [-0.1, -0.05) is 12.6 Å². The van der Waals surface area contributed by atoms with E-state index in [1.54, 1.807) is 88.3 Å². The lowest BCUT2D eigenvalue weighted by molar-refractivity contribution is -0.111. The van der Waals surface area contributed by atoms with Crippen LogP contribution in [-0.4, -0.2) is 38.0 Å². The summed E-state index contributed by atoms with van der Waals surface area (Å²) in [5.41, 5.74) is 2.91. The van der Waals surface area contributed by atoms with Gasteiger partial charge in [0, 0.05) is 31.2 Å². The number of hydrogen-bond donors (Lipinski definition) is 2. The number of rotatable bonds is 7. The van der Waals surface area contributed by atoms with Crippen molar-refractivity contribution in [2.24, 2.45) is 0 Å². The van der Waals surface area contributed by atoms with Gasteiger partial charge in [-0.25, -0.2) is 4.79 Å². The molecule has 0 unspecified atom stereocenters. The van der Waals surface area contributed by atoms with Crippen LogP contribution in [0.2, 0.25) is 0 Å². The van der Waals surface area contributed by atoms with E-state index in [9.17, 15) is 14.4 Å². The topological polar surface area (TPSA) is 120 Å². The van der Waals surface area contributed by atoms with Crippen molar-refractivity contribution >= 4 is 28.5 Å². The fourth-order valence-corrected chi connectivity index (χ4v) is 3.99. The van der Waals surface area contributed by atoms with Crippen molar-refractivity contribution in [2.45, 2.75) is 0 Å². The summed E-state index contributed by atoms with van der Waals surface area (Å²) in [6, 6.07) is 18.9. The molecule has 3 aromatic heterocycles. The molecule has 0 aliphatic heterocycles. The van der Waals surface area contributed by atoms with Gasteiger partial charge in [-0.15, -0.1) is 0 Å². The number of nitrogens with zero attached hydrogens (tertiary/aromatic N) is 4. The highest BCUT2D eigenvalue weighted by atomic mass is 16.5. The Balaban J connectivity index is 1.51. The van der Waals surface area contributed by atoms with Gasteiger partial charge in [-0.2, -0.15) is 0 Å². The first-order chi connectivity index (χ1) is 18.5. The second-order valence-electron chi connectivity index (χ2n) is 8.11. The van der Waals surface area contributed by atoms with Crippen LogP contribution in [0.25, 0.3) is 22.4 Å². The summed E-state index contributed by atoms with van der Waals surface area (Å²) in [5.74, 6) is 0.306. The Morgan fingerprint density at radius 1 is 0.921 bits per heavy atom. The molecule has 0 saturated carbocycles. The zero-order valence-corrected chi connectivity index (χ0v) is 20.3. The molecule has 0 saturated heterocycles. The van der Waals surface area contributed by atoms with Gasteiger partial charge in [0.05, 0.1) is 28.6 Å². The first-order valence-electron chi connectivity index (χ1n) is 11.6. The smallest absolute Gasteiger partial charge is 0.338 e. The fraction of sp³-hybridized carbons (Fsp3) is 0.0357. The van der Waals surface area contributed by atoms with Gasteiger partial charge in [0.15, 0.2) is 0 Å². The lowest BCUT2D eigenvalue weighted by atomic mass is 10.2. The molecule has 0 aliphatic carbocycles. The predicted octanol–water partition coefficient (Wildman–Crippen LogP) is 3.85. The van der Waals surface area contributed by atoms with Gasteiger partial charge in [0.1, 0.15) is 17.2 Å². The van der Waals surface area contributed by atoms with Crippen molar-refractivity contribution < 1.29 is 14.3 Å². The number of carbonyl (C=O) groups is 2. The van der Waals surface area contributed by atoms with Crippen LogP contribution < -0.4 is 21.1 Å². The monoisotopic (exact) mass is 506 g/mol. The third-order valence-electron chi connectivity index (χ3n) is 5.72. The Labute approximate surface area is 216 Å². The maximum absolute atomic E-state index is 13.7. The average molecular weight is 507 g/mol. The van der Waals surface area contributed by atoms with E-state index in [4.69, 9.17) is 4.74 Å². The summed E-state index contributed by atoms with van der Waals surface area (Å²) in [6.45, 7) is 3.47. The summed E-state index contributed by atoms with van der Waals surface area (Å²) >= 11 is 0. The number of fused-ring (bicyclic) bond motifs is 1. The highest BCUT2D eigenvalue weighted by Gasteiger charge is 2.17. The third kappa shape index (κ3) is 4.65. The Morgan fingerprint density at radius 3 is 2.47 bits per heavy atom. The molecule has 10 heteroatoms. The number of nitrogens with one attached hydrogen (secondary N) is 2. The molecule has 2 amide bonds. The van der Waals surface area contributed by atoms with E-state index in [0.717, 1.165) is 0 Å². The van der Waals surface area contributed by atoms with E-state index in [1.165, 1.54) is 19.3 Å². The van der Waals surface area contributed by atoms with Crippen LogP contribution in [0, 0.1) is 0 Å². The van der Waals surface area contributed by atoms with Crippen LogP contribution >= 0.6 is 0 Å². The Hall–Kier alpha value is -5.51. The molecule has 0 bridgehead atoms. The van der Waals surface area contributed by atoms with Crippen LogP contribution in [0.4, 0.5) is 5.69 Å². The van der Waals surface area contributed by atoms with Crippen LogP contribution in [-0.2, 0) is 4.79 Å². The fourth-order valence-electron chi connectivity index (χ4n) is 3.99. The van der Waals surface area contributed by atoms with E-state index in [2.05, 4.69) is 27.2 Å². The van der Waals surface area contributed by atoms with Crippen molar-refractivity contribution in [3.63, 3.8) is 0 Å². The van der Waals surface area contributed by atoms with E-state index in [-0.39, 0.29) is 23.2 Å². The molecule has 0 aliphatic rings. The number of anilines is 1. The standard InChI is InChI=1S/C28H22N6O4/c1-3-26(35)32-18-5-4-6-20(15-18)34-24-12-13-30-17-25(24)33(28(34)37)19-7-9-21(10-8-19)38-22-11-14-31-23(16-22)27(36)29-2/h3-17H,1H2,2H3,(H,29,36)(H,32,35). The number of benzene rings is 2. The number of ether oxygens (including phenoxy) is 1. The number of hydrogen-bond acceptors (Lipinski definition) is 6. The number of amides is 2. The SMILES string of the molecule is C=CC(=O)Nc1cccc(-n2c(=O)n(-c3ccc(Oc4ccnc(C(=O)NC)c4)cc3)c3cnccc32)c1. The maximum atomic E-state index is 13.7. The zero-order chi connectivity index (χ0) is 26.6. The van der Waals surface area contributed by atoms with Crippen molar-refractivity contribution in [3.8, 4) is 22.9 Å². The summed E-state index contributed by atoms with van der Waals surface area (Å²) in [4.78, 5) is 45.6. The summed E-state index contributed by atoms with van der Waals surface area (Å²) < 4.78 is 9.00. The van der Waals surface area contributed by atoms with Gasteiger partial charge in [-0.3, -0.25) is 28.7 Å². The number of aromatic nitrogens is 4. The number of imidazole rings is 1. The molecule has 0 radical (unpaired) electrons. The van der Waals surface area contributed by atoms with Crippen molar-refractivity contribution in [3.05, 3.63) is 114 Å². The summed E-state index contributed by atoms with van der Waals surface area (Å²) in [5, 5.41) is 5.24. The van der Waals surface area contributed by atoms with Gasteiger partial charge in [0.25, 0.3) is 5.91 Å². The van der Waals surface area contributed by atoms with Crippen LogP contribution in [0.1, 0.15) is 10.5 Å². The van der Waals surface area contributed by atoms with E-state index in [0.29, 0.717) is 39.6 Å². The van der Waals surface area contributed by atoms with Crippen LogP contribution in [0.15, 0.2) is 103 Å². The molecular formula is C28H22N6O4. The van der Waals surface area contributed by atoms with Crippen LogP contribution in [0.3, 0.4) is 0 Å². The van der Waals surface area contributed by atoms with Crippen molar-refractivity contribution in [1.29, 1.82) is 0 Å². The summed E-state index contributed by atoms with van der Waals surface area (Å²) in [7, 11) is 1.53. The molecule has 3 heterocycles. The third-order valence-corrected chi connectivity index (χ3v) is 5.72. The highest BCUT2D eigenvalue weighted by Crippen LogP contribution is 2.25. The number of carbonyl (C=O) groups excluding carboxylic acids is 2. The van der Waals surface area contributed by atoms with Crippen molar-refractivity contribution in [1.82, 2.24) is 24.4 Å². The Morgan fingerprint density at radius 2 is 1.71 bits per heavy atom. The van der Waals surface area contributed by atoms with Gasteiger partial charge >= 0.3 is 5.69 Å². The lowest BCUT2D eigenvalue weighted by Crippen LogP contribution is -2.22. The normalized spacial score (nSPS) is 10.7. The highest BCUT2D eigenvalue weighted by molar-refractivity contribution is 5.99. The Kier molecular flexibility index (Phi) is 6.51. The molecule has 0 atom stereocenters. The second kappa shape index (κ2) is 10.2. The lowest BCUT2D eigenvalue weighted by Gasteiger charge is -2.09. The van der Waals surface area contributed by atoms with Gasteiger partial charge in [-0.05, 0) is 60.7 Å². The molecule has 188 valence electrons. The summed E-state index contributed by atoms with van der Waals surface area (Å²) in [6.07, 6.45) is 5.91. The molecule has 5 aromatic rings. The maximum Gasteiger partial charge on any atom is 0.338 e. The molecule has 2 N–H and O–H groups in total. The van der Waals surface area contributed by atoms with Gasteiger partial charge in [0.2, 0.25) is 5.91 Å². The molecule has 0 spiro atoms. The first kappa shape index (κ1) is 24.2. The minimum Gasteiger partial charge on any atom is -0.457 e.